The molecule has 1 aromatic rings. The Balaban J connectivity index is 1.72. The van der Waals surface area contributed by atoms with E-state index in [9.17, 15) is 4.39 Å². The number of nitrogens with zero attached hydrogens (tertiary/aromatic N) is 1. The van der Waals surface area contributed by atoms with Crippen LogP contribution < -0.4 is 5.32 Å². The summed E-state index contributed by atoms with van der Waals surface area (Å²) < 4.78 is 13.8. The minimum absolute atomic E-state index is 0.0580. The standard InChI is InChI=1S/C15H21FN2S/c1-18-8-5-11(6-9-18)17-14-7-10-19-15-12(14)3-2-4-13(15)16/h2-4,11,14,17H,5-10H2,1H3. The maximum Gasteiger partial charge on any atom is 0.137 e. The summed E-state index contributed by atoms with van der Waals surface area (Å²) in [6.07, 6.45) is 3.50. The fraction of sp³-hybridized carbons (Fsp3) is 0.600. The Labute approximate surface area is 118 Å². The lowest BCUT2D eigenvalue weighted by Gasteiger charge is -2.34. The quantitative estimate of drug-likeness (QED) is 0.896. The van der Waals surface area contributed by atoms with Gasteiger partial charge in [0, 0.05) is 17.0 Å². The highest BCUT2D eigenvalue weighted by Crippen LogP contribution is 2.38. The highest BCUT2D eigenvalue weighted by molar-refractivity contribution is 7.99. The largest absolute Gasteiger partial charge is 0.307 e. The van der Waals surface area contributed by atoms with Crippen molar-refractivity contribution < 1.29 is 4.39 Å². The molecule has 2 aliphatic rings. The number of likely N-dealkylation sites (tertiary alicyclic amines) is 1. The summed E-state index contributed by atoms with van der Waals surface area (Å²) in [6, 6.07) is 6.41. The van der Waals surface area contributed by atoms with Crippen molar-refractivity contribution in [2.75, 3.05) is 25.9 Å². The first-order valence-corrected chi connectivity index (χ1v) is 8.08. The third-order valence-corrected chi connectivity index (χ3v) is 5.34. The van der Waals surface area contributed by atoms with Gasteiger partial charge in [0.1, 0.15) is 5.82 Å². The third-order valence-electron chi connectivity index (χ3n) is 4.18. The van der Waals surface area contributed by atoms with Crippen molar-refractivity contribution >= 4 is 11.8 Å². The molecule has 1 saturated heterocycles. The number of fused-ring (bicyclic) bond motifs is 1. The van der Waals surface area contributed by atoms with Gasteiger partial charge in [-0.05, 0) is 56.8 Å². The molecule has 1 unspecified atom stereocenters. The highest BCUT2D eigenvalue weighted by Gasteiger charge is 2.26. The zero-order chi connectivity index (χ0) is 13.2. The minimum atomic E-state index is -0.0580. The highest BCUT2D eigenvalue weighted by atomic mass is 32.2. The molecule has 2 heterocycles. The van der Waals surface area contributed by atoms with E-state index in [0.29, 0.717) is 12.1 Å². The summed E-state index contributed by atoms with van der Waals surface area (Å²) in [5, 5.41) is 3.76. The SMILES string of the molecule is CN1CCC(NC2CCSc3c(F)cccc32)CC1. The van der Waals surface area contributed by atoms with Gasteiger partial charge in [0.05, 0.1) is 0 Å². The van der Waals surface area contributed by atoms with Crippen molar-refractivity contribution in [1.29, 1.82) is 0 Å². The fourth-order valence-corrected chi connectivity index (χ4v) is 4.16. The fourth-order valence-electron chi connectivity index (χ4n) is 3.02. The lowest BCUT2D eigenvalue weighted by molar-refractivity contribution is 0.222. The van der Waals surface area contributed by atoms with E-state index in [1.807, 2.05) is 6.07 Å². The van der Waals surface area contributed by atoms with Gasteiger partial charge in [-0.2, -0.15) is 0 Å². The molecule has 19 heavy (non-hydrogen) atoms. The average molecular weight is 280 g/mol. The minimum Gasteiger partial charge on any atom is -0.307 e. The van der Waals surface area contributed by atoms with Crippen molar-refractivity contribution in [2.45, 2.75) is 36.2 Å². The zero-order valence-electron chi connectivity index (χ0n) is 11.4. The van der Waals surface area contributed by atoms with Crippen LogP contribution in [0, 0.1) is 5.82 Å². The summed E-state index contributed by atoms with van der Waals surface area (Å²) in [6.45, 7) is 2.32. The van der Waals surface area contributed by atoms with Crippen molar-refractivity contribution in [3.05, 3.63) is 29.6 Å². The van der Waals surface area contributed by atoms with E-state index in [-0.39, 0.29) is 5.82 Å². The molecule has 0 spiro atoms. The molecule has 0 aliphatic carbocycles. The molecule has 2 nitrogen and oxygen atoms in total. The first-order valence-electron chi connectivity index (χ1n) is 7.10. The van der Waals surface area contributed by atoms with Gasteiger partial charge in [-0.3, -0.25) is 0 Å². The van der Waals surface area contributed by atoms with Crippen molar-refractivity contribution in [3.8, 4) is 0 Å². The Hall–Kier alpha value is -0.580. The van der Waals surface area contributed by atoms with E-state index in [1.165, 1.54) is 12.8 Å². The monoisotopic (exact) mass is 280 g/mol. The van der Waals surface area contributed by atoms with Crippen molar-refractivity contribution in [1.82, 2.24) is 10.2 Å². The van der Waals surface area contributed by atoms with Crippen LogP contribution >= 0.6 is 11.8 Å². The van der Waals surface area contributed by atoms with E-state index < -0.39 is 0 Å². The van der Waals surface area contributed by atoms with E-state index in [1.54, 1.807) is 17.8 Å². The lowest BCUT2D eigenvalue weighted by Crippen LogP contribution is -2.42. The predicted octanol–water partition coefficient (Wildman–Crippen LogP) is 3.05. The number of nitrogens with one attached hydrogen (secondary N) is 1. The summed E-state index contributed by atoms with van der Waals surface area (Å²) in [7, 11) is 2.18. The molecular formula is C15H21FN2S. The molecule has 0 saturated carbocycles. The van der Waals surface area contributed by atoms with Crippen LogP contribution in [0.25, 0.3) is 0 Å². The van der Waals surface area contributed by atoms with Crippen molar-refractivity contribution in [3.63, 3.8) is 0 Å². The molecule has 4 heteroatoms. The summed E-state index contributed by atoms with van der Waals surface area (Å²) >= 11 is 1.66. The Morgan fingerprint density at radius 1 is 1.26 bits per heavy atom. The smallest absolute Gasteiger partial charge is 0.137 e. The van der Waals surface area contributed by atoms with Crippen LogP contribution in [0.2, 0.25) is 0 Å². The van der Waals surface area contributed by atoms with Gasteiger partial charge < -0.3 is 10.2 Å². The Bertz CT molecular complexity index is 444. The molecule has 2 aliphatic heterocycles. The Kier molecular flexibility index (Phi) is 4.10. The van der Waals surface area contributed by atoms with Crippen LogP contribution in [0.15, 0.2) is 23.1 Å². The number of hydrogen-bond acceptors (Lipinski definition) is 3. The first-order chi connectivity index (χ1) is 9.24. The van der Waals surface area contributed by atoms with Gasteiger partial charge in [-0.1, -0.05) is 12.1 Å². The zero-order valence-corrected chi connectivity index (χ0v) is 12.2. The first kappa shape index (κ1) is 13.4. The molecule has 1 fully saturated rings. The summed E-state index contributed by atoms with van der Waals surface area (Å²) in [5.74, 6) is 0.954. The van der Waals surface area contributed by atoms with Gasteiger partial charge in [0.25, 0.3) is 0 Å². The normalized spacial score (nSPS) is 25.3. The number of rotatable bonds is 2. The van der Waals surface area contributed by atoms with Crippen molar-refractivity contribution in [2.24, 2.45) is 0 Å². The van der Waals surface area contributed by atoms with Crippen LogP contribution in [0.1, 0.15) is 30.9 Å². The maximum absolute atomic E-state index is 13.8. The van der Waals surface area contributed by atoms with Crippen LogP contribution in [-0.2, 0) is 0 Å². The maximum atomic E-state index is 13.8. The second kappa shape index (κ2) is 5.81. The molecule has 0 bridgehead atoms. The third kappa shape index (κ3) is 2.96. The second-order valence-corrected chi connectivity index (χ2v) is 6.70. The molecule has 3 rings (SSSR count). The number of thioether (sulfide) groups is 1. The van der Waals surface area contributed by atoms with E-state index in [2.05, 4.69) is 23.3 Å². The van der Waals surface area contributed by atoms with Crippen LogP contribution in [0.3, 0.4) is 0 Å². The van der Waals surface area contributed by atoms with Gasteiger partial charge >= 0.3 is 0 Å². The van der Waals surface area contributed by atoms with E-state index in [0.717, 1.165) is 35.7 Å². The molecule has 0 radical (unpaired) electrons. The lowest BCUT2D eigenvalue weighted by atomic mass is 9.99. The summed E-state index contributed by atoms with van der Waals surface area (Å²) in [4.78, 5) is 3.24. The summed E-state index contributed by atoms with van der Waals surface area (Å²) in [5.41, 5.74) is 1.16. The molecule has 1 N–H and O–H groups in total. The van der Waals surface area contributed by atoms with Gasteiger partial charge in [0.2, 0.25) is 0 Å². The second-order valence-electron chi connectivity index (χ2n) is 5.59. The average Bonchev–Trinajstić information content (AvgIpc) is 2.43. The predicted molar refractivity (Wildman–Crippen MR) is 78.1 cm³/mol. The molecule has 1 aromatic carbocycles. The molecule has 104 valence electrons. The number of hydrogen-bond donors (Lipinski definition) is 1. The Morgan fingerprint density at radius 2 is 2.05 bits per heavy atom. The molecule has 1 atom stereocenters. The molecule has 0 aromatic heterocycles. The van der Waals surface area contributed by atoms with Crippen LogP contribution in [0.4, 0.5) is 4.39 Å². The molecular weight excluding hydrogens is 259 g/mol. The van der Waals surface area contributed by atoms with Gasteiger partial charge in [0.15, 0.2) is 0 Å². The topological polar surface area (TPSA) is 15.3 Å². The van der Waals surface area contributed by atoms with Gasteiger partial charge in [-0.25, -0.2) is 4.39 Å². The van der Waals surface area contributed by atoms with Crippen LogP contribution in [-0.4, -0.2) is 36.8 Å². The Morgan fingerprint density at radius 3 is 2.84 bits per heavy atom. The number of piperidine rings is 1. The number of halogens is 1. The number of benzene rings is 1. The van der Waals surface area contributed by atoms with Gasteiger partial charge in [-0.15, -0.1) is 11.8 Å². The molecule has 0 amide bonds. The van der Waals surface area contributed by atoms with E-state index >= 15 is 0 Å². The van der Waals surface area contributed by atoms with Crippen LogP contribution in [0.5, 0.6) is 0 Å². The van der Waals surface area contributed by atoms with E-state index in [4.69, 9.17) is 0 Å².